The lowest BCUT2D eigenvalue weighted by Crippen LogP contribution is -2.10. The number of aryl methyl sites for hydroxylation is 1. The van der Waals surface area contributed by atoms with Crippen molar-refractivity contribution in [1.29, 1.82) is 0 Å². The summed E-state index contributed by atoms with van der Waals surface area (Å²) < 4.78 is 25.1. The summed E-state index contributed by atoms with van der Waals surface area (Å²) >= 11 is 0. The average molecular weight is 329 g/mol. The molecule has 0 saturated heterocycles. The summed E-state index contributed by atoms with van der Waals surface area (Å²) in [5, 5.41) is 9.98. The minimum atomic E-state index is -3.36. The highest BCUT2D eigenvalue weighted by Gasteiger charge is 2.05. The summed E-state index contributed by atoms with van der Waals surface area (Å²) in [5.74, 6) is 5.61. The molecular formula is C18H19NO3S. The SMILES string of the molecule is CS(=O)(=O)Nc1ccccc1C#CC(O)CCc1ccccc1. The zero-order valence-electron chi connectivity index (χ0n) is 12.9. The van der Waals surface area contributed by atoms with E-state index in [1.165, 1.54) is 0 Å². The molecule has 0 saturated carbocycles. The number of rotatable bonds is 5. The Morgan fingerprint density at radius 2 is 1.74 bits per heavy atom. The van der Waals surface area contributed by atoms with Crippen molar-refractivity contribution in [3.05, 3.63) is 65.7 Å². The molecule has 2 rings (SSSR count). The van der Waals surface area contributed by atoms with Gasteiger partial charge in [-0.1, -0.05) is 54.3 Å². The number of benzene rings is 2. The minimum Gasteiger partial charge on any atom is -0.380 e. The van der Waals surface area contributed by atoms with Crippen LogP contribution in [0.5, 0.6) is 0 Å². The molecule has 1 atom stereocenters. The smallest absolute Gasteiger partial charge is 0.229 e. The molecule has 0 aromatic heterocycles. The number of hydrogen-bond acceptors (Lipinski definition) is 3. The fourth-order valence-electron chi connectivity index (χ4n) is 2.06. The summed E-state index contributed by atoms with van der Waals surface area (Å²) in [6.07, 6.45) is 1.59. The van der Waals surface area contributed by atoms with E-state index in [4.69, 9.17) is 0 Å². The van der Waals surface area contributed by atoms with E-state index in [2.05, 4.69) is 16.6 Å². The molecule has 2 aromatic carbocycles. The van der Waals surface area contributed by atoms with Gasteiger partial charge >= 0.3 is 0 Å². The van der Waals surface area contributed by atoms with Gasteiger partial charge in [0.05, 0.1) is 11.9 Å². The van der Waals surface area contributed by atoms with Gasteiger partial charge in [0.2, 0.25) is 10.0 Å². The van der Waals surface area contributed by atoms with Crippen LogP contribution in [-0.4, -0.2) is 25.9 Å². The van der Waals surface area contributed by atoms with Crippen LogP contribution in [-0.2, 0) is 16.4 Å². The molecule has 0 amide bonds. The van der Waals surface area contributed by atoms with Crippen LogP contribution in [0, 0.1) is 11.8 Å². The quantitative estimate of drug-likeness (QED) is 0.828. The monoisotopic (exact) mass is 329 g/mol. The van der Waals surface area contributed by atoms with E-state index in [1.807, 2.05) is 30.3 Å². The summed E-state index contributed by atoms with van der Waals surface area (Å²) in [4.78, 5) is 0. The van der Waals surface area contributed by atoms with Gasteiger partial charge in [0.15, 0.2) is 0 Å². The van der Waals surface area contributed by atoms with Crippen LogP contribution >= 0.6 is 0 Å². The molecule has 0 bridgehead atoms. The van der Waals surface area contributed by atoms with Gasteiger partial charge in [-0.3, -0.25) is 4.72 Å². The number of para-hydroxylation sites is 1. The van der Waals surface area contributed by atoms with Gasteiger partial charge in [-0.15, -0.1) is 0 Å². The number of anilines is 1. The molecule has 0 fully saturated rings. The van der Waals surface area contributed by atoms with Gasteiger partial charge in [0.1, 0.15) is 6.10 Å². The Balaban J connectivity index is 2.03. The van der Waals surface area contributed by atoms with Gasteiger partial charge in [0.25, 0.3) is 0 Å². The standard InChI is InChI=1S/C18H19NO3S/c1-23(21,22)19-18-10-6-5-9-16(18)12-14-17(20)13-11-15-7-3-2-4-8-15/h2-10,17,19-20H,11,13H2,1H3. The molecule has 0 radical (unpaired) electrons. The van der Waals surface area contributed by atoms with Crippen molar-refractivity contribution in [3.8, 4) is 11.8 Å². The van der Waals surface area contributed by atoms with Gasteiger partial charge in [-0.25, -0.2) is 8.42 Å². The molecule has 4 nitrogen and oxygen atoms in total. The summed E-state index contributed by atoms with van der Waals surface area (Å²) in [7, 11) is -3.36. The molecule has 2 N–H and O–H groups in total. The lowest BCUT2D eigenvalue weighted by Gasteiger charge is -2.06. The summed E-state index contributed by atoms with van der Waals surface area (Å²) in [6, 6.07) is 16.7. The Kier molecular flexibility index (Phi) is 5.80. The van der Waals surface area contributed by atoms with E-state index in [0.717, 1.165) is 18.2 Å². The third-order valence-corrected chi connectivity index (χ3v) is 3.74. The van der Waals surface area contributed by atoms with Crippen LogP contribution in [0.1, 0.15) is 17.5 Å². The number of aliphatic hydroxyl groups excluding tert-OH is 1. The molecule has 0 aliphatic carbocycles. The van der Waals surface area contributed by atoms with E-state index in [0.29, 0.717) is 17.7 Å². The molecule has 0 aliphatic rings. The van der Waals surface area contributed by atoms with Crippen LogP contribution in [0.2, 0.25) is 0 Å². The molecule has 23 heavy (non-hydrogen) atoms. The zero-order valence-corrected chi connectivity index (χ0v) is 13.7. The van der Waals surface area contributed by atoms with E-state index >= 15 is 0 Å². The van der Waals surface area contributed by atoms with Crippen molar-refractivity contribution in [3.63, 3.8) is 0 Å². The maximum absolute atomic E-state index is 11.3. The Hall–Kier alpha value is -2.29. The predicted octanol–water partition coefficient (Wildman–Crippen LogP) is 2.40. The van der Waals surface area contributed by atoms with Gasteiger partial charge in [-0.2, -0.15) is 0 Å². The Bertz CT molecular complexity index is 805. The van der Waals surface area contributed by atoms with E-state index < -0.39 is 16.1 Å². The van der Waals surface area contributed by atoms with E-state index in [9.17, 15) is 13.5 Å². The van der Waals surface area contributed by atoms with Gasteiger partial charge in [-0.05, 0) is 30.5 Å². The third-order valence-electron chi connectivity index (χ3n) is 3.15. The van der Waals surface area contributed by atoms with Crippen LogP contribution in [0.15, 0.2) is 54.6 Å². The lowest BCUT2D eigenvalue weighted by atomic mass is 10.1. The molecular weight excluding hydrogens is 310 g/mol. The topological polar surface area (TPSA) is 66.4 Å². The fourth-order valence-corrected chi connectivity index (χ4v) is 2.64. The summed E-state index contributed by atoms with van der Waals surface area (Å²) in [5.41, 5.74) is 2.10. The van der Waals surface area contributed by atoms with Gasteiger partial charge in [0, 0.05) is 5.56 Å². The van der Waals surface area contributed by atoms with E-state index in [1.54, 1.807) is 24.3 Å². The van der Waals surface area contributed by atoms with Crippen molar-refractivity contribution < 1.29 is 13.5 Å². The second kappa shape index (κ2) is 7.82. The largest absolute Gasteiger partial charge is 0.380 e. The maximum atomic E-state index is 11.3. The Morgan fingerprint density at radius 3 is 2.43 bits per heavy atom. The minimum absolute atomic E-state index is 0.415. The maximum Gasteiger partial charge on any atom is 0.229 e. The highest BCUT2D eigenvalue weighted by Crippen LogP contribution is 2.15. The number of nitrogens with one attached hydrogen (secondary N) is 1. The third kappa shape index (κ3) is 6.15. The second-order valence-corrected chi connectivity index (χ2v) is 6.98. The van der Waals surface area contributed by atoms with Gasteiger partial charge < -0.3 is 5.11 Å². The molecule has 5 heteroatoms. The first-order chi connectivity index (χ1) is 10.9. The Labute approximate surface area is 137 Å². The average Bonchev–Trinajstić information content (AvgIpc) is 2.51. The van der Waals surface area contributed by atoms with Crippen molar-refractivity contribution >= 4 is 15.7 Å². The van der Waals surface area contributed by atoms with Crippen LogP contribution in [0.3, 0.4) is 0 Å². The number of hydrogen-bond donors (Lipinski definition) is 2. The van der Waals surface area contributed by atoms with Crippen LogP contribution < -0.4 is 4.72 Å². The molecule has 1 unspecified atom stereocenters. The molecule has 2 aromatic rings. The normalized spacial score (nSPS) is 12.1. The highest BCUT2D eigenvalue weighted by molar-refractivity contribution is 7.92. The first-order valence-electron chi connectivity index (χ1n) is 7.24. The highest BCUT2D eigenvalue weighted by atomic mass is 32.2. The first kappa shape index (κ1) is 17.1. The van der Waals surface area contributed by atoms with Crippen molar-refractivity contribution in [2.24, 2.45) is 0 Å². The van der Waals surface area contributed by atoms with Crippen LogP contribution in [0.25, 0.3) is 0 Å². The molecule has 0 heterocycles. The first-order valence-corrected chi connectivity index (χ1v) is 9.13. The van der Waals surface area contributed by atoms with Crippen molar-refractivity contribution in [1.82, 2.24) is 0 Å². The summed E-state index contributed by atoms with van der Waals surface area (Å²) in [6.45, 7) is 0. The second-order valence-electron chi connectivity index (χ2n) is 5.23. The zero-order chi connectivity index (χ0) is 16.7. The fraction of sp³-hybridized carbons (Fsp3) is 0.222. The molecule has 120 valence electrons. The predicted molar refractivity (Wildman–Crippen MR) is 92.6 cm³/mol. The lowest BCUT2D eigenvalue weighted by molar-refractivity contribution is 0.222. The molecule has 0 aliphatic heterocycles. The van der Waals surface area contributed by atoms with E-state index in [-0.39, 0.29) is 0 Å². The van der Waals surface area contributed by atoms with Crippen molar-refractivity contribution in [2.75, 3.05) is 11.0 Å². The Morgan fingerprint density at radius 1 is 1.09 bits per heavy atom. The van der Waals surface area contributed by atoms with Crippen molar-refractivity contribution in [2.45, 2.75) is 18.9 Å². The molecule has 0 spiro atoms. The number of sulfonamides is 1. The number of aliphatic hydroxyl groups is 1. The van der Waals surface area contributed by atoms with Crippen LogP contribution in [0.4, 0.5) is 5.69 Å².